The van der Waals surface area contributed by atoms with Crippen LogP contribution in [0.5, 0.6) is 0 Å². The molecule has 1 aliphatic heterocycles. The number of halogens is 1. The molecule has 1 aliphatic rings. The topological polar surface area (TPSA) is 21.1 Å². The Morgan fingerprint density at radius 3 is 2.58 bits per heavy atom. The van der Waals surface area contributed by atoms with Crippen molar-refractivity contribution in [3.8, 4) is 0 Å². The van der Waals surface area contributed by atoms with Gasteiger partial charge in [0.15, 0.2) is 0 Å². The van der Waals surface area contributed by atoms with E-state index in [1.807, 2.05) is 0 Å². The fourth-order valence-corrected chi connectivity index (χ4v) is 4.53. The van der Waals surface area contributed by atoms with Gasteiger partial charge in [-0.1, -0.05) is 50.9 Å². The van der Waals surface area contributed by atoms with Gasteiger partial charge in [-0.2, -0.15) is 0 Å². The monoisotopic (exact) mass is 371 g/mol. The summed E-state index contributed by atoms with van der Waals surface area (Å²) < 4.78 is 2.41. The van der Waals surface area contributed by atoms with E-state index < -0.39 is 0 Å². The second-order valence-electron chi connectivity index (χ2n) is 7.16. The van der Waals surface area contributed by atoms with Crippen LogP contribution in [0.3, 0.4) is 0 Å². The molecule has 1 aromatic carbocycles. The van der Waals surface area contributed by atoms with Gasteiger partial charge in [-0.25, -0.2) is 4.98 Å². The summed E-state index contributed by atoms with van der Waals surface area (Å²) in [6.45, 7) is 12.8. The highest BCUT2D eigenvalue weighted by Gasteiger charge is 2.30. The molecule has 0 radical (unpaired) electrons. The molecule has 3 rings (SSSR count). The quantitative estimate of drug-likeness (QED) is 0.580. The number of anilines is 2. The van der Waals surface area contributed by atoms with E-state index in [4.69, 9.17) is 16.6 Å². The third-order valence-electron chi connectivity index (χ3n) is 5.09. The van der Waals surface area contributed by atoms with Gasteiger partial charge >= 0.3 is 0 Å². The van der Waals surface area contributed by atoms with E-state index in [9.17, 15) is 0 Å². The summed E-state index contributed by atoms with van der Waals surface area (Å²) in [5.74, 6) is 1.05. The Kier molecular flexibility index (Phi) is 5.76. The summed E-state index contributed by atoms with van der Waals surface area (Å²) in [5, 5.41) is 0.816. The number of fused-ring (bicyclic) bond motifs is 1. The first-order chi connectivity index (χ1) is 12.5. The Balaban J connectivity index is 2.12. The molecule has 26 heavy (non-hydrogen) atoms. The van der Waals surface area contributed by atoms with E-state index >= 15 is 0 Å². The SMILES string of the molecule is CC/C=C(\CCC)c1c(CC)nc2n1CCN2c1c(C)cc(C)cc1Cl. The number of imidazole rings is 1. The Morgan fingerprint density at radius 1 is 1.19 bits per heavy atom. The highest BCUT2D eigenvalue weighted by Crippen LogP contribution is 2.40. The van der Waals surface area contributed by atoms with Gasteiger partial charge in [0, 0.05) is 13.1 Å². The predicted octanol–water partition coefficient (Wildman–Crippen LogP) is 6.46. The molecule has 0 saturated carbocycles. The van der Waals surface area contributed by atoms with Crippen molar-refractivity contribution in [1.82, 2.24) is 9.55 Å². The van der Waals surface area contributed by atoms with Crippen molar-refractivity contribution < 1.29 is 0 Å². The number of benzene rings is 1. The van der Waals surface area contributed by atoms with Crippen LogP contribution in [0.25, 0.3) is 5.57 Å². The van der Waals surface area contributed by atoms with Crippen molar-refractivity contribution in [1.29, 1.82) is 0 Å². The van der Waals surface area contributed by atoms with Crippen LogP contribution in [0.15, 0.2) is 18.2 Å². The van der Waals surface area contributed by atoms with Crippen LogP contribution < -0.4 is 4.90 Å². The van der Waals surface area contributed by atoms with Crippen molar-refractivity contribution in [2.45, 2.75) is 66.8 Å². The Bertz CT molecular complexity index is 809. The van der Waals surface area contributed by atoms with Crippen LogP contribution >= 0.6 is 11.6 Å². The lowest BCUT2D eigenvalue weighted by atomic mass is 10.0. The highest BCUT2D eigenvalue weighted by molar-refractivity contribution is 6.33. The van der Waals surface area contributed by atoms with Gasteiger partial charge in [-0.3, -0.25) is 0 Å². The van der Waals surface area contributed by atoms with Gasteiger partial charge in [0.05, 0.1) is 22.1 Å². The van der Waals surface area contributed by atoms with Gasteiger partial charge in [0.2, 0.25) is 5.95 Å². The smallest absolute Gasteiger partial charge is 0.210 e. The van der Waals surface area contributed by atoms with E-state index in [2.05, 4.69) is 62.3 Å². The Labute approximate surface area is 162 Å². The molecule has 140 valence electrons. The second kappa shape index (κ2) is 7.87. The standard InChI is InChI=1S/C22H30ClN3/c1-6-9-17(10-7-2)21-19(8-3)24-22-25(11-12-26(21)22)20-16(5)13-15(4)14-18(20)23/h9,13-14H,6-8,10-12H2,1-5H3/b17-9+. The molecule has 2 heterocycles. The number of hydrogen-bond donors (Lipinski definition) is 0. The molecular weight excluding hydrogens is 342 g/mol. The second-order valence-corrected chi connectivity index (χ2v) is 7.57. The summed E-state index contributed by atoms with van der Waals surface area (Å²) in [6, 6.07) is 4.25. The van der Waals surface area contributed by atoms with E-state index in [-0.39, 0.29) is 0 Å². The van der Waals surface area contributed by atoms with E-state index in [0.717, 1.165) is 55.4 Å². The van der Waals surface area contributed by atoms with Gasteiger partial charge in [-0.05, 0) is 55.9 Å². The van der Waals surface area contributed by atoms with Crippen LogP contribution in [0.4, 0.5) is 11.6 Å². The fourth-order valence-electron chi connectivity index (χ4n) is 4.11. The molecule has 0 bridgehead atoms. The van der Waals surface area contributed by atoms with Gasteiger partial charge < -0.3 is 9.47 Å². The summed E-state index contributed by atoms with van der Waals surface area (Å²) in [7, 11) is 0. The molecular formula is C22H30ClN3. The fraction of sp³-hybridized carbons (Fsp3) is 0.500. The van der Waals surface area contributed by atoms with Crippen LogP contribution in [-0.4, -0.2) is 16.1 Å². The first-order valence-corrected chi connectivity index (χ1v) is 10.2. The molecule has 0 spiro atoms. The zero-order valence-corrected chi connectivity index (χ0v) is 17.5. The van der Waals surface area contributed by atoms with E-state index in [1.165, 1.54) is 28.1 Å². The number of hydrogen-bond acceptors (Lipinski definition) is 2. The molecule has 0 atom stereocenters. The van der Waals surface area contributed by atoms with Crippen LogP contribution in [0, 0.1) is 13.8 Å². The van der Waals surface area contributed by atoms with Gasteiger partial charge in [0.25, 0.3) is 0 Å². The zero-order chi connectivity index (χ0) is 18.8. The van der Waals surface area contributed by atoms with Crippen LogP contribution in [-0.2, 0) is 13.0 Å². The Hall–Kier alpha value is -1.74. The molecule has 1 aromatic heterocycles. The number of allylic oxidation sites excluding steroid dienone is 2. The third kappa shape index (κ3) is 3.29. The number of nitrogens with zero attached hydrogens (tertiary/aromatic N) is 3. The number of aryl methyl sites for hydroxylation is 3. The van der Waals surface area contributed by atoms with Crippen molar-refractivity contribution >= 4 is 28.8 Å². The average molecular weight is 372 g/mol. The molecule has 3 nitrogen and oxygen atoms in total. The largest absolute Gasteiger partial charge is 0.308 e. The van der Waals surface area contributed by atoms with Gasteiger partial charge in [0.1, 0.15) is 0 Å². The summed E-state index contributed by atoms with van der Waals surface area (Å²) in [6.07, 6.45) is 6.65. The Morgan fingerprint density at radius 2 is 1.96 bits per heavy atom. The van der Waals surface area contributed by atoms with Crippen molar-refractivity contribution in [3.63, 3.8) is 0 Å². The highest BCUT2D eigenvalue weighted by atomic mass is 35.5. The summed E-state index contributed by atoms with van der Waals surface area (Å²) >= 11 is 6.63. The van der Waals surface area contributed by atoms with Crippen LogP contribution in [0.2, 0.25) is 5.02 Å². The zero-order valence-electron chi connectivity index (χ0n) is 16.7. The minimum Gasteiger partial charge on any atom is -0.308 e. The predicted molar refractivity (Wildman–Crippen MR) is 113 cm³/mol. The minimum absolute atomic E-state index is 0.816. The normalized spacial score (nSPS) is 14.2. The maximum atomic E-state index is 6.63. The maximum Gasteiger partial charge on any atom is 0.210 e. The average Bonchev–Trinajstić information content (AvgIpc) is 3.13. The summed E-state index contributed by atoms with van der Waals surface area (Å²) in [4.78, 5) is 7.35. The van der Waals surface area contributed by atoms with E-state index in [0.29, 0.717) is 0 Å². The number of aromatic nitrogens is 2. The molecule has 0 N–H and O–H groups in total. The lowest BCUT2D eigenvalue weighted by Crippen LogP contribution is -2.16. The first-order valence-electron chi connectivity index (χ1n) is 9.84. The minimum atomic E-state index is 0.816. The lowest BCUT2D eigenvalue weighted by molar-refractivity contribution is 0.776. The number of rotatable bonds is 6. The summed E-state index contributed by atoms with van der Waals surface area (Å²) in [5.41, 5.74) is 7.51. The molecule has 0 saturated heterocycles. The van der Waals surface area contributed by atoms with Gasteiger partial charge in [-0.15, -0.1) is 0 Å². The van der Waals surface area contributed by atoms with E-state index in [1.54, 1.807) is 0 Å². The molecule has 0 unspecified atom stereocenters. The molecule has 4 heteroatoms. The van der Waals surface area contributed by atoms with Crippen molar-refractivity contribution in [3.05, 3.63) is 45.7 Å². The molecule has 2 aromatic rings. The van der Waals surface area contributed by atoms with Crippen molar-refractivity contribution in [2.24, 2.45) is 0 Å². The van der Waals surface area contributed by atoms with Crippen LogP contribution in [0.1, 0.15) is 62.5 Å². The lowest BCUT2D eigenvalue weighted by Gasteiger charge is -2.20. The molecule has 0 fully saturated rings. The third-order valence-corrected chi connectivity index (χ3v) is 5.37. The maximum absolute atomic E-state index is 6.63. The molecule has 0 aliphatic carbocycles. The first kappa shape index (κ1) is 19.0. The van der Waals surface area contributed by atoms with Crippen molar-refractivity contribution in [2.75, 3.05) is 11.4 Å². The molecule has 0 amide bonds.